The van der Waals surface area contributed by atoms with E-state index < -0.39 is 9.84 Å². The molecule has 0 aromatic heterocycles. The molecule has 2 aliphatic carbocycles. The van der Waals surface area contributed by atoms with E-state index in [0.29, 0.717) is 0 Å². The van der Waals surface area contributed by atoms with Gasteiger partial charge in [-0.1, -0.05) is 25.7 Å². The van der Waals surface area contributed by atoms with Crippen molar-refractivity contribution >= 4 is 15.7 Å². The minimum Gasteiger partial charge on any atom is -0.359 e. The fourth-order valence-corrected chi connectivity index (χ4v) is 5.31. The Kier molecular flexibility index (Phi) is 5.66. The Hall–Kier alpha value is -0.620. The van der Waals surface area contributed by atoms with Gasteiger partial charge in [0.1, 0.15) is 0 Å². The zero-order valence-corrected chi connectivity index (χ0v) is 13.9. The number of hydrogen-bond acceptors (Lipinski definition) is 4. The number of nitrogens with one attached hydrogen (secondary N) is 2. The molecule has 0 heterocycles. The summed E-state index contributed by atoms with van der Waals surface area (Å²) in [5.41, 5.74) is 0. The molecular weight excluding hydrogens is 288 g/mol. The fraction of sp³-hybridized carbons (Fsp3) is 0.933. The largest absolute Gasteiger partial charge is 0.359 e. The molecule has 21 heavy (non-hydrogen) atoms. The van der Waals surface area contributed by atoms with E-state index in [9.17, 15) is 13.2 Å². The first-order valence-corrected chi connectivity index (χ1v) is 10.1. The molecule has 0 unspecified atom stereocenters. The summed E-state index contributed by atoms with van der Waals surface area (Å²) >= 11 is 0. The van der Waals surface area contributed by atoms with Gasteiger partial charge in [-0.15, -0.1) is 0 Å². The van der Waals surface area contributed by atoms with Crippen LogP contribution in [0.1, 0.15) is 51.4 Å². The molecule has 2 saturated carbocycles. The van der Waals surface area contributed by atoms with Crippen molar-refractivity contribution in [2.45, 2.75) is 68.7 Å². The Balaban J connectivity index is 2.08. The summed E-state index contributed by atoms with van der Waals surface area (Å²) in [5, 5.41) is 5.99. The van der Waals surface area contributed by atoms with Crippen LogP contribution in [-0.4, -0.2) is 45.0 Å². The highest BCUT2D eigenvalue weighted by Crippen LogP contribution is 2.29. The molecule has 0 saturated heterocycles. The lowest BCUT2D eigenvalue weighted by Gasteiger charge is -2.38. The quantitative estimate of drug-likeness (QED) is 0.818. The van der Waals surface area contributed by atoms with E-state index in [1.54, 1.807) is 7.05 Å². The molecule has 0 spiro atoms. The summed E-state index contributed by atoms with van der Waals surface area (Å²) in [5.74, 6) is 0.0600. The monoisotopic (exact) mass is 316 g/mol. The first kappa shape index (κ1) is 16.7. The van der Waals surface area contributed by atoms with Crippen LogP contribution in [0.2, 0.25) is 0 Å². The second-order valence-corrected chi connectivity index (χ2v) is 8.80. The molecule has 0 bridgehead atoms. The highest BCUT2D eigenvalue weighted by molar-refractivity contribution is 7.91. The molecule has 4 atom stereocenters. The van der Waals surface area contributed by atoms with Gasteiger partial charge in [0.25, 0.3) is 0 Å². The van der Waals surface area contributed by atoms with Gasteiger partial charge in [0.2, 0.25) is 5.91 Å². The summed E-state index contributed by atoms with van der Waals surface area (Å²) in [6.07, 6.45) is 9.09. The second kappa shape index (κ2) is 7.09. The summed E-state index contributed by atoms with van der Waals surface area (Å²) in [7, 11) is -1.36. The van der Waals surface area contributed by atoms with Gasteiger partial charge in [-0.3, -0.25) is 4.79 Å². The lowest BCUT2D eigenvalue weighted by molar-refractivity contribution is -0.126. The summed E-state index contributed by atoms with van der Waals surface area (Å²) in [6.45, 7) is 0. The summed E-state index contributed by atoms with van der Waals surface area (Å²) < 4.78 is 24.0. The number of carbonyl (C=O) groups excluding carboxylic acids is 1. The predicted molar refractivity (Wildman–Crippen MR) is 83.8 cm³/mol. The van der Waals surface area contributed by atoms with Gasteiger partial charge < -0.3 is 10.6 Å². The van der Waals surface area contributed by atoms with E-state index in [-0.39, 0.29) is 29.2 Å². The summed E-state index contributed by atoms with van der Waals surface area (Å²) in [6, 6.07) is 0.120. The maximum atomic E-state index is 12.0. The molecule has 0 radical (unpaired) electrons. The van der Waals surface area contributed by atoms with E-state index in [2.05, 4.69) is 10.6 Å². The van der Waals surface area contributed by atoms with Crippen molar-refractivity contribution in [3.05, 3.63) is 0 Å². The lowest BCUT2D eigenvalue weighted by atomic mass is 9.82. The third-order valence-corrected chi connectivity index (χ3v) is 6.69. The third kappa shape index (κ3) is 4.19. The van der Waals surface area contributed by atoms with Crippen LogP contribution in [-0.2, 0) is 14.6 Å². The molecule has 0 aromatic carbocycles. The van der Waals surface area contributed by atoms with Crippen LogP contribution in [0.4, 0.5) is 0 Å². The molecule has 2 rings (SSSR count). The van der Waals surface area contributed by atoms with Crippen LogP contribution in [0.25, 0.3) is 0 Å². The first-order chi connectivity index (χ1) is 9.93. The van der Waals surface area contributed by atoms with Crippen LogP contribution >= 0.6 is 0 Å². The zero-order valence-electron chi connectivity index (χ0n) is 13.1. The van der Waals surface area contributed by atoms with E-state index >= 15 is 0 Å². The zero-order chi connectivity index (χ0) is 15.5. The van der Waals surface area contributed by atoms with Crippen LogP contribution in [0.3, 0.4) is 0 Å². The van der Waals surface area contributed by atoms with Crippen molar-refractivity contribution in [1.82, 2.24) is 10.6 Å². The SMILES string of the molecule is CNC(=O)[C@@H]1CCCC[C@@H]1N[C@@H]1CCCC[C@@H]1S(C)(=O)=O. The molecule has 0 aliphatic heterocycles. The molecule has 2 aliphatic rings. The van der Waals surface area contributed by atoms with Crippen LogP contribution in [0, 0.1) is 5.92 Å². The molecule has 5 nitrogen and oxygen atoms in total. The van der Waals surface area contributed by atoms with Crippen molar-refractivity contribution in [1.29, 1.82) is 0 Å². The smallest absolute Gasteiger partial charge is 0.224 e. The Morgan fingerprint density at radius 2 is 1.52 bits per heavy atom. The Bertz CT molecular complexity index is 464. The van der Waals surface area contributed by atoms with Gasteiger partial charge in [0.15, 0.2) is 9.84 Å². The van der Waals surface area contributed by atoms with Crippen LogP contribution in [0.5, 0.6) is 0 Å². The number of sulfone groups is 1. The van der Waals surface area contributed by atoms with Crippen molar-refractivity contribution in [3.63, 3.8) is 0 Å². The average Bonchev–Trinajstić information content (AvgIpc) is 2.46. The maximum Gasteiger partial charge on any atom is 0.224 e. The van der Waals surface area contributed by atoms with Gasteiger partial charge in [-0.2, -0.15) is 0 Å². The number of carbonyl (C=O) groups is 1. The average molecular weight is 316 g/mol. The Morgan fingerprint density at radius 3 is 2.14 bits per heavy atom. The molecule has 0 aromatic rings. The highest BCUT2D eigenvalue weighted by atomic mass is 32.2. The van der Waals surface area contributed by atoms with Crippen molar-refractivity contribution in [2.24, 2.45) is 5.92 Å². The molecular formula is C15H28N2O3S. The second-order valence-electron chi connectivity index (χ2n) is 6.54. The van der Waals surface area contributed by atoms with Crippen molar-refractivity contribution in [3.8, 4) is 0 Å². The Morgan fingerprint density at radius 1 is 0.952 bits per heavy atom. The van der Waals surface area contributed by atoms with E-state index in [0.717, 1.165) is 51.4 Å². The van der Waals surface area contributed by atoms with Gasteiger partial charge >= 0.3 is 0 Å². The van der Waals surface area contributed by atoms with E-state index in [1.165, 1.54) is 6.26 Å². The first-order valence-electron chi connectivity index (χ1n) is 8.10. The fourth-order valence-electron chi connectivity index (χ4n) is 3.90. The van der Waals surface area contributed by atoms with Crippen molar-refractivity contribution in [2.75, 3.05) is 13.3 Å². The lowest BCUT2D eigenvalue weighted by Crippen LogP contribution is -2.54. The van der Waals surface area contributed by atoms with Gasteiger partial charge in [0.05, 0.1) is 11.2 Å². The minimum absolute atomic E-state index is 0.00371. The minimum atomic E-state index is -3.03. The Labute approximate surface area is 128 Å². The molecule has 2 N–H and O–H groups in total. The van der Waals surface area contributed by atoms with Gasteiger partial charge in [-0.05, 0) is 25.7 Å². The number of hydrogen-bond donors (Lipinski definition) is 2. The van der Waals surface area contributed by atoms with E-state index in [1.807, 2.05) is 0 Å². The number of amides is 1. The van der Waals surface area contributed by atoms with Crippen molar-refractivity contribution < 1.29 is 13.2 Å². The third-order valence-electron chi connectivity index (χ3n) is 5.03. The molecule has 2 fully saturated rings. The summed E-state index contributed by atoms with van der Waals surface area (Å²) in [4.78, 5) is 12.0. The predicted octanol–water partition coefficient (Wildman–Crippen LogP) is 1.24. The highest BCUT2D eigenvalue weighted by Gasteiger charge is 2.37. The topological polar surface area (TPSA) is 75.3 Å². The number of rotatable bonds is 4. The van der Waals surface area contributed by atoms with E-state index in [4.69, 9.17) is 0 Å². The normalized spacial score (nSPS) is 34.4. The maximum absolute atomic E-state index is 12.0. The molecule has 1 amide bonds. The van der Waals surface area contributed by atoms with Crippen LogP contribution in [0.15, 0.2) is 0 Å². The van der Waals surface area contributed by atoms with Gasteiger partial charge in [0, 0.05) is 25.4 Å². The van der Waals surface area contributed by atoms with Crippen LogP contribution < -0.4 is 10.6 Å². The molecule has 6 heteroatoms. The standard InChI is InChI=1S/C15H28N2O3S/c1-16-15(18)11-7-3-4-8-12(11)17-13-9-5-6-10-14(13)21(2,19)20/h11-14,17H,3-10H2,1-2H3,(H,16,18)/t11-,12+,13-,14+/m1/s1. The van der Waals surface area contributed by atoms with Gasteiger partial charge in [-0.25, -0.2) is 8.42 Å². The molecule has 122 valence electrons.